The minimum Gasteiger partial charge on any atom is -0.327 e. The van der Waals surface area contributed by atoms with Gasteiger partial charge < -0.3 is 4.57 Å². The predicted octanol–water partition coefficient (Wildman–Crippen LogP) is 3.94. The molecule has 1 aromatic heterocycles. The Hall–Kier alpha value is -1.06. The van der Waals surface area contributed by atoms with E-state index in [1.807, 2.05) is 12.1 Å². The normalized spacial score (nSPS) is 17.9. The largest absolute Gasteiger partial charge is 0.327 e. The minimum absolute atomic E-state index is 0.761. The highest BCUT2D eigenvalue weighted by atomic mass is 35.5. The molecule has 0 atom stereocenters. The second kappa shape index (κ2) is 5.74. The van der Waals surface area contributed by atoms with Gasteiger partial charge in [0.25, 0.3) is 0 Å². The van der Waals surface area contributed by atoms with Crippen LogP contribution in [-0.2, 0) is 13.1 Å². The van der Waals surface area contributed by atoms with E-state index in [-0.39, 0.29) is 0 Å². The number of nitrogens with zero attached hydrogens (tertiary/aromatic N) is 3. The Kier molecular flexibility index (Phi) is 3.99. The first-order chi connectivity index (χ1) is 9.67. The van der Waals surface area contributed by atoms with E-state index in [0.29, 0.717) is 0 Å². The molecule has 2 heterocycles. The monoisotopic (exact) mass is 291 g/mol. The Labute approximate surface area is 125 Å². The summed E-state index contributed by atoms with van der Waals surface area (Å²) >= 11 is 6.07. The third-order valence-electron chi connectivity index (χ3n) is 4.35. The molecule has 20 heavy (non-hydrogen) atoms. The van der Waals surface area contributed by atoms with Crippen molar-refractivity contribution >= 4 is 22.6 Å². The molecule has 0 radical (unpaired) electrons. The number of rotatable bonds is 3. The molecule has 0 bridgehead atoms. The Morgan fingerprint density at radius 3 is 2.75 bits per heavy atom. The van der Waals surface area contributed by atoms with E-state index in [9.17, 15) is 0 Å². The van der Waals surface area contributed by atoms with Crippen molar-refractivity contribution in [2.24, 2.45) is 5.92 Å². The topological polar surface area (TPSA) is 21.1 Å². The van der Waals surface area contributed by atoms with Gasteiger partial charge in [-0.15, -0.1) is 0 Å². The fourth-order valence-electron chi connectivity index (χ4n) is 3.05. The summed E-state index contributed by atoms with van der Waals surface area (Å²) in [7, 11) is 0. The maximum absolute atomic E-state index is 6.07. The summed E-state index contributed by atoms with van der Waals surface area (Å²) in [5.41, 5.74) is 2.21. The fourth-order valence-corrected chi connectivity index (χ4v) is 3.21. The third kappa shape index (κ3) is 2.70. The summed E-state index contributed by atoms with van der Waals surface area (Å²) in [5.74, 6) is 2.04. The molecule has 108 valence electrons. The van der Waals surface area contributed by atoms with Crippen LogP contribution in [0.4, 0.5) is 0 Å². The average molecular weight is 292 g/mol. The lowest BCUT2D eigenvalue weighted by atomic mass is 9.99. The van der Waals surface area contributed by atoms with Gasteiger partial charge in [-0.25, -0.2) is 4.98 Å². The quantitative estimate of drug-likeness (QED) is 0.854. The van der Waals surface area contributed by atoms with Crippen LogP contribution in [0, 0.1) is 5.92 Å². The number of aryl methyl sites for hydroxylation is 1. The van der Waals surface area contributed by atoms with Gasteiger partial charge >= 0.3 is 0 Å². The van der Waals surface area contributed by atoms with Crippen LogP contribution in [0.1, 0.15) is 32.5 Å². The van der Waals surface area contributed by atoms with Gasteiger partial charge in [-0.2, -0.15) is 0 Å². The van der Waals surface area contributed by atoms with Crippen LogP contribution < -0.4 is 0 Å². The zero-order valence-corrected chi connectivity index (χ0v) is 13.0. The Morgan fingerprint density at radius 1 is 1.30 bits per heavy atom. The van der Waals surface area contributed by atoms with Gasteiger partial charge in [0.2, 0.25) is 0 Å². The molecule has 1 saturated heterocycles. The number of benzene rings is 1. The molecule has 4 heteroatoms. The van der Waals surface area contributed by atoms with E-state index in [1.165, 1.54) is 37.3 Å². The molecule has 0 saturated carbocycles. The van der Waals surface area contributed by atoms with E-state index in [4.69, 9.17) is 16.6 Å². The van der Waals surface area contributed by atoms with Crippen molar-refractivity contribution in [2.45, 2.75) is 39.8 Å². The number of hydrogen-bond donors (Lipinski definition) is 0. The zero-order valence-electron chi connectivity index (χ0n) is 12.3. The number of fused-ring (bicyclic) bond motifs is 1. The van der Waals surface area contributed by atoms with Gasteiger partial charge in [0, 0.05) is 11.6 Å². The minimum atomic E-state index is 0.761. The van der Waals surface area contributed by atoms with Crippen LogP contribution in [0.5, 0.6) is 0 Å². The number of halogens is 1. The van der Waals surface area contributed by atoms with E-state index < -0.39 is 0 Å². The molecule has 0 amide bonds. The van der Waals surface area contributed by atoms with Crippen molar-refractivity contribution in [2.75, 3.05) is 13.1 Å². The fraction of sp³-hybridized carbons (Fsp3) is 0.562. The van der Waals surface area contributed by atoms with Crippen LogP contribution in [0.3, 0.4) is 0 Å². The summed E-state index contributed by atoms with van der Waals surface area (Å²) in [6.45, 7) is 8.81. The molecule has 2 aromatic rings. The van der Waals surface area contributed by atoms with Crippen molar-refractivity contribution in [3.8, 4) is 0 Å². The molecule has 3 nitrogen and oxygen atoms in total. The molecule has 1 aliphatic rings. The Balaban J connectivity index is 1.87. The molecule has 0 spiro atoms. The zero-order chi connectivity index (χ0) is 14.1. The summed E-state index contributed by atoms with van der Waals surface area (Å²) in [6, 6.07) is 5.99. The SMILES string of the molecule is CCn1c(CN2CCC(C)CC2)nc2cc(Cl)ccc21. The van der Waals surface area contributed by atoms with E-state index in [2.05, 4.69) is 29.4 Å². The Morgan fingerprint density at radius 2 is 2.05 bits per heavy atom. The lowest BCUT2D eigenvalue weighted by Gasteiger charge is -2.29. The lowest BCUT2D eigenvalue weighted by Crippen LogP contribution is -2.33. The van der Waals surface area contributed by atoms with Gasteiger partial charge in [-0.1, -0.05) is 18.5 Å². The van der Waals surface area contributed by atoms with Crippen LogP contribution in [-0.4, -0.2) is 27.5 Å². The summed E-state index contributed by atoms with van der Waals surface area (Å²) < 4.78 is 2.31. The molecule has 1 aliphatic heterocycles. The molecular formula is C16H22ClN3. The summed E-state index contributed by atoms with van der Waals surface area (Å²) in [6.07, 6.45) is 2.61. The number of hydrogen-bond acceptors (Lipinski definition) is 2. The third-order valence-corrected chi connectivity index (χ3v) is 4.58. The number of aromatic nitrogens is 2. The molecule has 1 aromatic carbocycles. The van der Waals surface area contributed by atoms with Crippen LogP contribution in [0.25, 0.3) is 11.0 Å². The second-order valence-electron chi connectivity index (χ2n) is 5.86. The number of piperidine rings is 1. The number of likely N-dealkylation sites (tertiary alicyclic amines) is 1. The van der Waals surface area contributed by atoms with Crippen molar-refractivity contribution < 1.29 is 0 Å². The van der Waals surface area contributed by atoms with Gasteiger partial charge in [0.05, 0.1) is 17.6 Å². The number of imidazole rings is 1. The van der Waals surface area contributed by atoms with Crippen molar-refractivity contribution in [1.29, 1.82) is 0 Å². The molecular weight excluding hydrogens is 270 g/mol. The molecule has 0 N–H and O–H groups in total. The first-order valence-corrected chi connectivity index (χ1v) is 7.92. The standard InChI is InChI=1S/C16H22ClN3/c1-3-20-15-5-4-13(17)10-14(15)18-16(20)11-19-8-6-12(2)7-9-19/h4-5,10,12H,3,6-9,11H2,1-2H3. The predicted molar refractivity (Wildman–Crippen MR) is 84.1 cm³/mol. The maximum Gasteiger partial charge on any atom is 0.124 e. The molecule has 0 aliphatic carbocycles. The van der Waals surface area contributed by atoms with E-state index in [1.54, 1.807) is 0 Å². The van der Waals surface area contributed by atoms with Gasteiger partial charge in [0.15, 0.2) is 0 Å². The Bertz CT molecular complexity index is 597. The van der Waals surface area contributed by atoms with Gasteiger partial charge in [-0.3, -0.25) is 4.90 Å². The van der Waals surface area contributed by atoms with E-state index >= 15 is 0 Å². The second-order valence-corrected chi connectivity index (χ2v) is 6.30. The van der Waals surface area contributed by atoms with Crippen LogP contribution >= 0.6 is 11.6 Å². The highest BCUT2D eigenvalue weighted by Gasteiger charge is 2.18. The molecule has 1 fully saturated rings. The smallest absolute Gasteiger partial charge is 0.124 e. The molecule has 0 unspecified atom stereocenters. The van der Waals surface area contributed by atoms with Crippen molar-refractivity contribution in [3.05, 3.63) is 29.0 Å². The summed E-state index contributed by atoms with van der Waals surface area (Å²) in [5, 5.41) is 0.761. The maximum atomic E-state index is 6.07. The van der Waals surface area contributed by atoms with Crippen LogP contribution in [0.15, 0.2) is 18.2 Å². The van der Waals surface area contributed by atoms with E-state index in [0.717, 1.165) is 29.5 Å². The first kappa shape index (κ1) is 13.9. The van der Waals surface area contributed by atoms with Crippen molar-refractivity contribution in [1.82, 2.24) is 14.5 Å². The highest BCUT2D eigenvalue weighted by molar-refractivity contribution is 6.31. The summed E-state index contributed by atoms with van der Waals surface area (Å²) in [4.78, 5) is 7.32. The van der Waals surface area contributed by atoms with Crippen molar-refractivity contribution in [3.63, 3.8) is 0 Å². The van der Waals surface area contributed by atoms with Gasteiger partial charge in [-0.05, 0) is 57.0 Å². The van der Waals surface area contributed by atoms with Crippen LogP contribution in [0.2, 0.25) is 5.02 Å². The average Bonchev–Trinajstić information content (AvgIpc) is 2.77. The lowest BCUT2D eigenvalue weighted by molar-refractivity contribution is 0.180. The molecule has 3 rings (SSSR count). The van der Waals surface area contributed by atoms with Gasteiger partial charge in [0.1, 0.15) is 5.82 Å². The highest BCUT2D eigenvalue weighted by Crippen LogP contribution is 2.23. The first-order valence-electron chi connectivity index (χ1n) is 7.54.